The number of rotatable bonds is 2. The number of hydrogen-bond donors (Lipinski definition) is 2. The molecule has 0 saturated carbocycles. The first kappa shape index (κ1) is 16.4. The minimum Gasteiger partial charge on any atom is -0.465 e. The van der Waals surface area contributed by atoms with Crippen LogP contribution in [0, 0.1) is 5.41 Å². The Hall–Kier alpha value is -1.47. The second-order valence-electron chi connectivity index (χ2n) is 6.91. The molecule has 0 radical (unpaired) electrons. The Morgan fingerprint density at radius 2 is 2.22 bits per heavy atom. The molecule has 2 atom stereocenters. The summed E-state index contributed by atoms with van der Waals surface area (Å²) in [6.07, 6.45) is 0.0561. The van der Waals surface area contributed by atoms with Crippen molar-refractivity contribution < 1.29 is 9.90 Å². The first-order valence-corrected chi connectivity index (χ1v) is 9.27. The van der Waals surface area contributed by atoms with Crippen molar-refractivity contribution in [2.75, 3.05) is 12.3 Å². The highest BCUT2D eigenvalue weighted by atomic mass is 32.2. The van der Waals surface area contributed by atoms with Crippen LogP contribution in [0.15, 0.2) is 23.1 Å². The van der Waals surface area contributed by atoms with Crippen LogP contribution in [0.3, 0.4) is 0 Å². The lowest BCUT2D eigenvalue weighted by atomic mass is 9.85. The van der Waals surface area contributed by atoms with Crippen molar-refractivity contribution in [2.24, 2.45) is 5.41 Å². The Morgan fingerprint density at radius 1 is 1.48 bits per heavy atom. The lowest BCUT2D eigenvalue weighted by molar-refractivity contribution is 0.108. The van der Waals surface area contributed by atoms with Crippen LogP contribution in [0.2, 0.25) is 0 Å². The quantitative estimate of drug-likeness (QED) is 0.850. The second-order valence-corrected chi connectivity index (χ2v) is 9.29. The first-order chi connectivity index (χ1) is 10.8. The summed E-state index contributed by atoms with van der Waals surface area (Å²) in [5, 5.41) is 10.3. The minimum atomic E-state index is -0.821. The van der Waals surface area contributed by atoms with Crippen LogP contribution in [-0.4, -0.2) is 38.9 Å². The number of amides is 1. The third-order valence-corrected chi connectivity index (χ3v) is 6.31. The molecular formula is C16H21N3O2S2. The Morgan fingerprint density at radius 3 is 2.87 bits per heavy atom. The largest absolute Gasteiger partial charge is 0.465 e. The van der Waals surface area contributed by atoms with Crippen molar-refractivity contribution >= 4 is 44.5 Å². The smallest absolute Gasteiger partial charge is 0.407 e. The SMILES string of the molecule is CC(C)(C)C1[C@H](Sc2ccc3nc(N)sc3c2)CCN1C(=O)O. The molecule has 1 aromatic heterocycles. The molecule has 1 unspecified atom stereocenters. The molecule has 23 heavy (non-hydrogen) atoms. The lowest BCUT2D eigenvalue weighted by Crippen LogP contribution is -2.46. The molecule has 2 aromatic rings. The monoisotopic (exact) mass is 351 g/mol. The molecule has 1 aliphatic rings. The van der Waals surface area contributed by atoms with Gasteiger partial charge in [0.05, 0.1) is 16.3 Å². The zero-order chi connectivity index (χ0) is 16.8. The number of aromatic nitrogens is 1. The van der Waals surface area contributed by atoms with Crippen LogP contribution in [0.5, 0.6) is 0 Å². The van der Waals surface area contributed by atoms with Crippen LogP contribution < -0.4 is 5.73 Å². The van der Waals surface area contributed by atoms with Crippen molar-refractivity contribution in [2.45, 2.75) is 43.4 Å². The number of thiazole rings is 1. The summed E-state index contributed by atoms with van der Waals surface area (Å²) in [7, 11) is 0. The first-order valence-electron chi connectivity index (χ1n) is 7.58. The van der Waals surface area contributed by atoms with Crippen molar-refractivity contribution in [3.63, 3.8) is 0 Å². The highest BCUT2D eigenvalue weighted by molar-refractivity contribution is 8.00. The highest BCUT2D eigenvalue weighted by Crippen LogP contribution is 2.42. The number of nitrogen functional groups attached to an aromatic ring is 1. The normalized spacial score (nSPS) is 22.0. The number of hydrogen-bond acceptors (Lipinski definition) is 5. The summed E-state index contributed by atoms with van der Waals surface area (Å²) in [4.78, 5) is 18.6. The Bertz CT molecular complexity index is 738. The molecule has 7 heteroatoms. The predicted octanol–water partition coefficient (Wildman–Crippen LogP) is 4.14. The van der Waals surface area contributed by atoms with E-state index in [0.29, 0.717) is 11.7 Å². The van der Waals surface area contributed by atoms with E-state index in [2.05, 4.69) is 37.9 Å². The summed E-state index contributed by atoms with van der Waals surface area (Å²) < 4.78 is 1.08. The Labute approximate surface area is 143 Å². The van der Waals surface area contributed by atoms with E-state index in [1.807, 2.05) is 6.07 Å². The van der Waals surface area contributed by atoms with Crippen molar-refractivity contribution in [3.8, 4) is 0 Å². The number of likely N-dealkylation sites (tertiary alicyclic amines) is 1. The van der Waals surface area contributed by atoms with Gasteiger partial charge in [0.25, 0.3) is 0 Å². The van der Waals surface area contributed by atoms with E-state index in [0.717, 1.165) is 21.5 Å². The predicted molar refractivity (Wildman–Crippen MR) is 96.3 cm³/mol. The van der Waals surface area contributed by atoms with E-state index in [4.69, 9.17) is 5.73 Å². The van der Waals surface area contributed by atoms with Gasteiger partial charge in [0, 0.05) is 16.7 Å². The van der Waals surface area contributed by atoms with Gasteiger partial charge in [0.1, 0.15) is 0 Å². The summed E-state index contributed by atoms with van der Waals surface area (Å²) >= 11 is 3.25. The molecule has 0 bridgehead atoms. The fraction of sp³-hybridized carbons (Fsp3) is 0.500. The third kappa shape index (κ3) is 3.26. The summed E-state index contributed by atoms with van der Waals surface area (Å²) in [6, 6.07) is 6.15. The van der Waals surface area contributed by atoms with Gasteiger partial charge >= 0.3 is 6.09 Å². The molecule has 1 fully saturated rings. The lowest BCUT2D eigenvalue weighted by Gasteiger charge is -2.36. The van der Waals surface area contributed by atoms with Gasteiger partial charge in [-0.3, -0.25) is 0 Å². The van der Waals surface area contributed by atoms with Gasteiger partial charge in [0.15, 0.2) is 5.13 Å². The zero-order valence-electron chi connectivity index (χ0n) is 13.4. The number of anilines is 1. The van der Waals surface area contributed by atoms with E-state index in [9.17, 15) is 9.90 Å². The van der Waals surface area contributed by atoms with Gasteiger partial charge in [-0.1, -0.05) is 32.1 Å². The van der Waals surface area contributed by atoms with Gasteiger partial charge in [0.2, 0.25) is 0 Å². The minimum absolute atomic E-state index is 0.00669. The number of nitrogens with two attached hydrogens (primary N) is 1. The molecule has 3 N–H and O–H groups in total. The molecule has 1 aromatic carbocycles. The van der Waals surface area contributed by atoms with Crippen molar-refractivity contribution in [1.82, 2.24) is 9.88 Å². The molecule has 0 aliphatic carbocycles. The second kappa shape index (κ2) is 5.87. The fourth-order valence-corrected chi connectivity index (χ4v) is 5.74. The summed E-state index contributed by atoms with van der Waals surface area (Å²) in [5.74, 6) is 0. The van der Waals surface area contributed by atoms with Crippen LogP contribution >= 0.6 is 23.1 Å². The molecule has 1 aliphatic heterocycles. The van der Waals surface area contributed by atoms with Gasteiger partial charge in [-0.15, -0.1) is 11.8 Å². The number of thioether (sulfide) groups is 1. The molecule has 3 rings (SSSR count). The Kier molecular flexibility index (Phi) is 4.18. The van der Waals surface area contributed by atoms with Crippen LogP contribution in [-0.2, 0) is 0 Å². The van der Waals surface area contributed by atoms with E-state index in [-0.39, 0.29) is 16.7 Å². The number of carbonyl (C=O) groups is 1. The van der Waals surface area contributed by atoms with Gasteiger partial charge in [-0.05, 0) is 30.0 Å². The fourth-order valence-electron chi connectivity index (χ4n) is 3.30. The highest BCUT2D eigenvalue weighted by Gasteiger charge is 2.44. The maximum Gasteiger partial charge on any atom is 0.407 e. The maximum atomic E-state index is 11.5. The number of fused-ring (bicyclic) bond motifs is 1. The van der Waals surface area contributed by atoms with E-state index in [1.54, 1.807) is 16.7 Å². The molecule has 1 saturated heterocycles. The Balaban J connectivity index is 1.86. The van der Waals surface area contributed by atoms with E-state index < -0.39 is 6.09 Å². The van der Waals surface area contributed by atoms with Crippen LogP contribution in [0.25, 0.3) is 10.2 Å². The van der Waals surface area contributed by atoms with Crippen LogP contribution in [0.4, 0.5) is 9.93 Å². The molecule has 5 nitrogen and oxygen atoms in total. The standard InChI is InChI=1S/C16H21N3O2S2/c1-16(2,3)13-11(6-7-19(13)15(20)21)22-9-4-5-10-12(8-9)23-14(17)18-10/h4-5,8,11,13H,6-7H2,1-3H3,(H2,17,18)(H,20,21)/t11-,13?/m1/s1. The molecule has 2 heterocycles. The van der Waals surface area contributed by atoms with Gasteiger partial charge in [-0.25, -0.2) is 9.78 Å². The molecule has 124 valence electrons. The number of benzene rings is 1. The topological polar surface area (TPSA) is 79.5 Å². The number of nitrogens with zero attached hydrogens (tertiary/aromatic N) is 2. The van der Waals surface area contributed by atoms with Gasteiger partial charge < -0.3 is 15.7 Å². The van der Waals surface area contributed by atoms with E-state index in [1.165, 1.54) is 11.3 Å². The summed E-state index contributed by atoms with van der Waals surface area (Å²) in [5.41, 5.74) is 6.59. The average Bonchev–Trinajstić information content (AvgIpc) is 3.00. The molecule has 1 amide bonds. The van der Waals surface area contributed by atoms with Gasteiger partial charge in [-0.2, -0.15) is 0 Å². The zero-order valence-corrected chi connectivity index (χ0v) is 15.1. The molecular weight excluding hydrogens is 330 g/mol. The van der Waals surface area contributed by atoms with Crippen LogP contribution in [0.1, 0.15) is 27.2 Å². The summed E-state index contributed by atoms with van der Waals surface area (Å²) in [6.45, 7) is 6.93. The molecule has 0 spiro atoms. The number of carboxylic acid groups (broad SMARTS) is 1. The third-order valence-electron chi connectivity index (χ3n) is 4.14. The van der Waals surface area contributed by atoms with E-state index >= 15 is 0 Å². The van der Waals surface area contributed by atoms with Crippen molar-refractivity contribution in [3.05, 3.63) is 18.2 Å². The average molecular weight is 351 g/mol. The maximum absolute atomic E-state index is 11.5. The van der Waals surface area contributed by atoms with Crippen molar-refractivity contribution in [1.29, 1.82) is 0 Å².